The number of sulfone groups is 1. The summed E-state index contributed by atoms with van der Waals surface area (Å²) < 4.78 is 24.1. The molecule has 0 aliphatic rings. The van der Waals surface area contributed by atoms with Gasteiger partial charge in [0, 0.05) is 6.04 Å². The van der Waals surface area contributed by atoms with Crippen LogP contribution in [0.2, 0.25) is 0 Å². The second-order valence-electron chi connectivity index (χ2n) is 4.10. The highest BCUT2D eigenvalue weighted by Crippen LogP contribution is 2.17. The van der Waals surface area contributed by atoms with Crippen LogP contribution in [0.3, 0.4) is 0 Å². The van der Waals surface area contributed by atoms with Crippen LogP contribution in [0.5, 0.6) is 0 Å². The van der Waals surface area contributed by atoms with Crippen molar-refractivity contribution < 1.29 is 8.42 Å². The summed E-state index contributed by atoms with van der Waals surface area (Å²) in [6.45, 7) is 3.80. The molecule has 0 heterocycles. The zero-order chi connectivity index (χ0) is 12.2. The summed E-state index contributed by atoms with van der Waals surface area (Å²) >= 11 is 0. The summed E-state index contributed by atoms with van der Waals surface area (Å²) in [7, 11) is -3.24. The van der Waals surface area contributed by atoms with Gasteiger partial charge in [0.2, 0.25) is 0 Å². The molecule has 0 bridgehead atoms. The van der Waals surface area contributed by atoms with E-state index >= 15 is 0 Å². The molecule has 0 radical (unpaired) electrons. The average Bonchev–Trinajstić information content (AvgIpc) is 2.17. The van der Waals surface area contributed by atoms with Gasteiger partial charge in [-0.3, -0.25) is 0 Å². The third-order valence-corrected chi connectivity index (χ3v) is 4.52. The fourth-order valence-electron chi connectivity index (χ4n) is 1.73. The minimum atomic E-state index is -3.24. The summed E-state index contributed by atoms with van der Waals surface area (Å²) in [6, 6.07) is 6.75. The Morgan fingerprint density at radius 2 is 1.94 bits per heavy atom. The molecule has 0 saturated heterocycles. The normalized spacial score (nSPS) is 13.7. The molecule has 0 aromatic heterocycles. The zero-order valence-electron chi connectivity index (χ0n) is 9.81. The second kappa shape index (κ2) is 5.46. The van der Waals surface area contributed by atoms with Crippen molar-refractivity contribution in [2.75, 3.05) is 5.75 Å². The van der Waals surface area contributed by atoms with E-state index in [0.29, 0.717) is 4.90 Å². The number of nitrogens with two attached hydrogens (primary N) is 1. The van der Waals surface area contributed by atoms with Gasteiger partial charge in [0.1, 0.15) is 0 Å². The lowest BCUT2D eigenvalue weighted by Crippen LogP contribution is -2.29. The molecule has 0 spiro atoms. The van der Waals surface area contributed by atoms with E-state index in [1.807, 2.05) is 13.0 Å². The molecule has 16 heavy (non-hydrogen) atoms. The fourth-order valence-corrected chi connectivity index (χ4v) is 3.49. The van der Waals surface area contributed by atoms with E-state index in [-0.39, 0.29) is 11.8 Å². The van der Waals surface area contributed by atoms with Crippen molar-refractivity contribution in [2.45, 2.75) is 37.6 Å². The van der Waals surface area contributed by atoms with Crippen LogP contribution in [0.1, 0.15) is 25.3 Å². The summed E-state index contributed by atoms with van der Waals surface area (Å²) in [5, 5.41) is 0. The molecule has 0 saturated carbocycles. The maximum atomic E-state index is 12.1. The van der Waals surface area contributed by atoms with Gasteiger partial charge in [-0.05, 0) is 25.0 Å². The van der Waals surface area contributed by atoms with Crippen LogP contribution < -0.4 is 5.73 Å². The molecule has 0 aliphatic carbocycles. The molecule has 1 aromatic rings. The Labute approximate surface area is 97.6 Å². The average molecular weight is 241 g/mol. The van der Waals surface area contributed by atoms with Gasteiger partial charge in [-0.15, -0.1) is 0 Å². The molecular formula is C12H19NO2S. The van der Waals surface area contributed by atoms with Crippen LogP contribution in [0.4, 0.5) is 0 Å². The first-order valence-corrected chi connectivity index (χ1v) is 7.16. The molecule has 0 aliphatic heterocycles. The molecule has 3 nitrogen and oxygen atoms in total. The summed E-state index contributed by atoms with van der Waals surface area (Å²) in [5.41, 5.74) is 6.56. The van der Waals surface area contributed by atoms with Gasteiger partial charge >= 0.3 is 0 Å². The lowest BCUT2D eigenvalue weighted by molar-refractivity contribution is 0.576. The molecule has 90 valence electrons. The van der Waals surface area contributed by atoms with Crippen molar-refractivity contribution in [3.8, 4) is 0 Å². The molecule has 1 aromatic carbocycles. The Morgan fingerprint density at radius 1 is 1.31 bits per heavy atom. The van der Waals surface area contributed by atoms with Crippen LogP contribution in [0.25, 0.3) is 0 Å². The van der Waals surface area contributed by atoms with Gasteiger partial charge in [0.25, 0.3) is 0 Å². The first kappa shape index (κ1) is 13.2. The Balaban J connectivity index is 2.91. The first-order chi connectivity index (χ1) is 7.47. The third-order valence-electron chi connectivity index (χ3n) is 2.52. The molecule has 0 fully saturated rings. The van der Waals surface area contributed by atoms with Gasteiger partial charge < -0.3 is 5.73 Å². The number of benzene rings is 1. The van der Waals surface area contributed by atoms with E-state index in [9.17, 15) is 8.42 Å². The molecule has 4 heteroatoms. The number of hydrogen-bond acceptors (Lipinski definition) is 3. The van der Waals surface area contributed by atoms with E-state index in [2.05, 4.69) is 0 Å². The van der Waals surface area contributed by atoms with E-state index < -0.39 is 9.84 Å². The highest BCUT2D eigenvalue weighted by atomic mass is 32.2. The second-order valence-corrected chi connectivity index (χ2v) is 6.10. The maximum Gasteiger partial charge on any atom is 0.180 e. The van der Waals surface area contributed by atoms with E-state index in [1.165, 1.54) is 0 Å². The van der Waals surface area contributed by atoms with Crippen molar-refractivity contribution in [2.24, 2.45) is 5.73 Å². The van der Waals surface area contributed by atoms with Crippen LogP contribution in [-0.4, -0.2) is 20.2 Å². The van der Waals surface area contributed by atoms with Crippen molar-refractivity contribution in [1.29, 1.82) is 0 Å². The van der Waals surface area contributed by atoms with Crippen LogP contribution in [0.15, 0.2) is 29.2 Å². The van der Waals surface area contributed by atoms with Gasteiger partial charge in [0.05, 0.1) is 10.6 Å². The summed E-state index contributed by atoms with van der Waals surface area (Å²) in [4.78, 5) is 0.404. The van der Waals surface area contributed by atoms with E-state index in [1.54, 1.807) is 25.1 Å². The van der Waals surface area contributed by atoms with Gasteiger partial charge in [-0.1, -0.05) is 31.5 Å². The SMILES string of the molecule is CCCC(N)CS(=O)(=O)c1ccccc1C. The molecule has 2 N–H and O–H groups in total. The minimum Gasteiger partial charge on any atom is -0.327 e. The zero-order valence-corrected chi connectivity index (χ0v) is 10.6. The minimum absolute atomic E-state index is 0.0334. The van der Waals surface area contributed by atoms with Crippen molar-refractivity contribution in [3.05, 3.63) is 29.8 Å². The van der Waals surface area contributed by atoms with Crippen LogP contribution in [0, 0.1) is 6.92 Å². The summed E-state index contributed by atoms with van der Waals surface area (Å²) in [6.07, 6.45) is 1.65. The standard InChI is InChI=1S/C12H19NO2S/c1-3-6-11(13)9-16(14,15)12-8-5-4-7-10(12)2/h4-5,7-8,11H,3,6,9,13H2,1-2H3. The highest BCUT2D eigenvalue weighted by molar-refractivity contribution is 7.91. The van der Waals surface area contributed by atoms with Gasteiger partial charge in [-0.2, -0.15) is 0 Å². The molecule has 1 unspecified atom stereocenters. The van der Waals surface area contributed by atoms with Crippen LogP contribution >= 0.6 is 0 Å². The largest absolute Gasteiger partial charge is 0.327 e. The Bertz CT molecular complexity index is 440. The van der Waals surface area contributed by atoms with Crippen LogP contribution in [-0.2, 0) is 9.84 Å². The topological polar surface area (TPSA) is 60.2 Å². The quantitative estimate of drug-likeness (QED) is 0.856. The van der Waals surface area contributed by atoms with Crippen molar-refractivity contribution >= 4 is 9.84 Å². The maximum absolute atomic E-state index is 12.1. The van der Waals surface area contributed by atoms with Crippen molar-refractivity contribution in [1.82, 2.24) is 0 Å². The predicted molar refractivity (Wildman–Crippen MR) is 66.1 cm³/mol. The number of rotatable bonds is 5. The predicted octanol–water partition coefficient (Wildman–Crippen LogP) is 1.90. The first-order valence-electron chi connectivity index (χ1n) is 5.51. The lowest BCUT2D eigenvalue weighted by atomic mass is 10.2. The van der Waals surface area contributed by atoms with E-state index in [4.69, 9.17) is 5.73 Å². The number of aryl methyl sites for hydroxylation is 1. The van der Waals surface area contributed by atoms with E-state index in [0.717, 1.165) is 18.4 Å². The van der Waals surface area contributed by atoms with Gasteiger partial charge in [-0.25, -0.2) is 8.42 Å². The Kier molecular flexibility index (Phi) is 4.50. The Morgan fingerprint density at radius 3 is 2.50 bits per heavy atom. The van der Waals surface area contributed by atoms with Gasteiger partial charge in [0.15, 0.2) is 9.84 Å². The summed E-state index contributed by atoms with van der Waals surface area (Å²) in [5.74, 6) is 0.0334. The molecule has 0 amide bonds. The third kappa shape index (κ3) is 3.32. The van der Waals surface area contributed by atoms with Crippen molar-refractivity contribution in [3.63, 3.8) is 0 Å². The number of hydrogen-bond donors (Lipinski definition) is 1. The molecule has 1 atom stereocenters. The molecular weight excluding hydrogens is 222 g/mol. The monoisotopic (exact) mass is 241 g/mol. The molecule has 1 rings (SSSR count). The Hall–Kier alpha value is -0.870. The fraction of sp³-hybridized carbons (Fsp3) is 0.500. The smallest absolute Gasteiger partial charge is 0.180 e. The highest BCUT2D eigenvalue weighted by Gasteiger charge is 2.19. The lowest BCUT2D eigenvalue weighted by Gasteiger charge is -2.12.